The van der Waals surface area contributed by atoms with Crippen LogP contribution in [0.15, 0.2) is 48.6 Å². The van der Waals surface area contributed by atoms with E-state index in [0.29, 0.717) is 6.42 Å². The number of aliphatic hydroxyl groups excluding tert-OH is 4. The molecule has 0 aromatic carbocycles. The number of carbonyl (C=O) groups excluding carboxylic acids is 2. The molecular weight excluding hydrogens is 688 g/mol. The molecule has 0 aliphatic carbocycles. The zero-order valence-electron chi connectivity index (χ0n) is 33.7. The molecule has 1 aliphatic heterocycles. The summed E-state index contributed by atoms with van der Waals surface area (Å²) in [5.41, 5.74) is 0. The number of aliphatic hydroxyl groups is 4. The molecule has 54 heavy (non-hydrogen) atoms. The summed E-state index contributed by atoms with van der Waals surface area (Å²) in [7, 11) is 0. The highest BCUT2D eigenvalue weighted by molar-refractivity contribution is 5.70. The van der Waals surface area contributed by atoms with Crippen molar-refractivity contribution in [1.82, 2.24) is 0 Å². The Morgan fingerprint density at radius 3 is 1.65 bits per heavy atom. The van der Waals surface area contributed by atoms with Gasteiger partial charge in [0.05, 0.1) is 13.2 Å². The first-order chi connectivity index (χ1) is 26.3. The maximum Gasteiger partial charge on any atom is 0.306 e. The average Bonchev–Trinajstić information content (AvgIpc) is 3.17. The van der Waals surface area contributed by atoms with Crippen LogP contribution >= 0.6 is 0 Å². The van der Waals surface area contributed by atoms with Gasteiger partial charge in [0, 0.05) is 12.8 Å². The van der Waals surface area contributed by atoms with Crippen LogP contribution in [0, 0.1) is 0 Å². The van der Waals surface area contributed by atoms with E-state index < -0.39 is 49.4 Å². The predicted molar refractivity (Wildman–Crippen MR) is 215 cm³/mol. The van der Waals surface area contributed by atoms with E-state index in [4.69, 9.17) is 18.9 Å². The number of esters is 2. The van der Waals surface area contributed by atoms with Gasteiger partial charge in [0.25, 0.3) is 0 Å². The van der Waals surface area contributed by atoms with E-state index in [2.05, 4.69) is 26.0 Å². The monoisotopic (exact) mass is 765 g/mol. The van der Waals surface area contributed by atoms with Gasteiger partial charge in [-0.05, 0) is 32.1 Å². The Morgan fingerprint density at radius 1 is 0.593 bits per heavy atom. The third-order valence-corrected chi connectivity index (χ3v) is 9.57. The van der Waals surface area contributed by atoms with Crippen molar-refractivity contribution in [3.8, 4) is 0 Å². The lowest BCUT2D eigenvalue weighted by atomic mass is 9.99. The maximum atomic E-state index is 12.7. The Kier molecular flexibility index (Phi) is 32.3. The van der Waals surface area contributed by atoms with Crippen LogP contribution in [0.4, 0.5) is 0 Å². The van der Waals surface area contributed by atoms with Crippen LogP contribution < -0.4 is 0 Å². The fourth-order valence-electron chi connectivity index (χ4n) is 6.20. The Hall–Kier alpha value is -2.34. The molecule has 1 aliphatic rings. The van der Waals surface area contributed by atoms with E-state index in [-0.39, 0.29) is 32.0 Å². The minimum atomic E-state index is -1.60. The van der Waals surface area contributed by atoms with Crippen molar-refractivity contribution >= 4 is 11.9 Å². The molecular formula is C44H76O10. The fourth-order valence-corrected chi connectivity index (χ4v) is 6.20. The molecule has 0 aromatic rings. The molecule has 1 saturated heterocycles. The SMILES string of the molecule is CC/C=C/C=C/C=C/C=C/CCCCCC(=O)OC(COC(=O)CCCCCCCCCCCCCCCCCC)CO[C@H]1O[C@@H](CO)[C@@H](O)C(O)C1O. The van der Waals surface area contributed by atoms with E-state index in [1.54, 1.807) is 0 Å². The summed E-state index contributed by atoms with van der Waals surface area (Å²) in [6.07, 6.45) is 32.7. The van der Waals surface area contributed by atoms with Crippen molar-refractivity contribution in [2.75, 3.05) is 19.8 Å². The van der Waals surface area contributed by atoms with Gasteiger partial charge in [0.2, 0.25) is 0 Å². The van der Waals surface area contributed by atoms with Gasteiger partial charge in [-0.3, -0.25) is 9.59 Å². The van der Waals surface area contributed by atoms with Crippen LogP contribution in [0.1, 0.15) is 162 Å². The average molecular weight is 765 g/mol. The Labute approximate surface area is 327 Å². The second-order valence-electron chi connectivity index (χ2n) is 14.5. The van der Waals surface area contributed by atoms with Crippen molar-refractivity contribution in [1.29, 1.82) is 0 Å². The van der Waals surface area contributed by atoms with Crippen LogP contribution in [0.3, 0.4) is 0 Å². The van der Waals surface area contributed by atoms with E-state index >= 15 is 0 Å². The minimum Gasteiger partial charge on any atom is -0.462 e. The summed E-state index contributed by atoms with van der Waals surface area (Å²) in [6, 6.07) is 0. The standard InChI is InChI=1S/C44H76O10/c1-3-5-7-9-11-13-15-17-18-19-21-22-24-26-28-30-32-39(46)51-35-37(36-52-44-43(50)42(49)41(48)38(34-45)54-44)53-40(47)33-31-29-27-25-23-20-16-14-12-10-8-6-4-2/h6,8,10,12,14,16,20,23,37-38,41-45,48-50H,3-5,7,9,11,13,15,17-19,21-22,24-36H2,1-2H3/b8-6+,12-10+,16-14+,23-20+/t37?,38-,41+,42?,43?,44-/m0/s1. The van der Waals surface area contributed by atoms with Gasteiger partial charge in [-0.15, -0.1) is 0 Å². The number of hydrogen-bond donors (Lipinski definition) is 4. The molecule has 1 fully saturated rings. The van der Waals surface area contributed by atoms with E-state index in [0.717, 1.165) is 44.9 Å². The zero-order chi connectivity index (χ0) is 39.5. The van der Waals surface area contributed by atoms with Crippen molar-refractivity contribution in [3.05, 3.63) is 48.6 Å². The number of carbonyl (C=O) groups is 2. The number of rotatable bonds is 34. The highest BCUT2D eigenvalue weighted by atomic mass is 16.7. The summed E-state index contributed by atoms with van der Waals surface area (Å²) in [4.78, 5) is 25.2. The first kappa shape index (κ1) is 49.7. The molecule has 1 heterocycles. The number of hydrogen-bond acceptors (Lipinski definition) is 10. The van der Waals surface area contributed by atoms with Crippen LogP contribution in [0.2, 0.25) is 0 Å². The van der Waals surface area contributed by atoms with Crippen LogP contribution in [0.5, 0.6) is 0 Å². The van der Waals surface area contributed by atoms with Gasteiger partial charge >= 0.3 is 11.9 Å². The largest absolute Gasteiger partial charge is 0.462 e. The molecule has 10 nitrogen and oxygen atoms in total. The number of ether oxygens (including phenoxy) is 4. The summed E-state index contributed by atoms with van der Waals surface area (Å²) in [5.74, 6) is -0.852. The van der Waals surface area contributed by atoms with Gasteiger partial charge in [-0.1, -0.05) is 165 Å². The minimum absolute atomic E-state index is 0.184. The van der Waals surface area contributed by atoms with Crippen LogP contribution in [-0.2, 0) is 28.5 Å². The van der Waals surface area contributed by atoms with Crippen molar-refractivity contribution < 1.29 is 49.0 Å². The lowest BCUT2D eigenvalue weighted by molar-refractivity contribution is -0.305. The summed E-state index contributed by atoms with van der Waals surface area (Å²) in [5, 5.41) is 40.0. The molecule has 10 heteroatoms. The lowest BCUT2D eigenvalue weighted by Gasteiger charge is -2.39. The third-order valence-electron chi connectivity index (χ3n) is 9.57. The fraction of sp³-hybridized carbons (Fsp3) is 0.773. The summed E-state index contributed by atoms with van der Waals surface area (Å²) in [6.45, 7) is 3.23. The summed E-state index contributed by atoms with van der Waals surface area (Å²) >= 11 is 0. The third kappa shape index (κ3) is 26.5. The first-order valence-electron chi connectivity index (χ1n) is 21.3. The second kappa shape index (κ2) is 35.1. The molecule has 0 saturated carbocycles. The molecule has 3 unspecified atom stereocenters. The summed E-state index contributed by atoms with van der Waals surface area (Å²) < 4.78 is 22.1. The van der Waals surface area contributed by atoms with Crippen molar-refractivity contribution in [2.24, 2.45) is 0 Å². The quantitative estimate of drug-likeness (QED) is 0.0285. The molecule has 1 rings (SSSR count). The number of unbranched alkanes of at least 4 members (excludes halogenated alkanes) is 18. The number of allylic oxidation sites excluding steroid dienone is 8. The van der Waals surface area contributed by atoms with Gasteiger partial charge in [0.15, 0.2) is 12.4 Å². The van der Waals surface area contributed by atoms with E-state index in [1.165, 1.54) is 83.5 Å². The predicted octanol–water partition coefficient (Wildman–Crippen LogP) is 8.49. The van der Waals surface area contributed by atoms with E-state index in [1.807, 2.05) is 36.5 Å². The van der Waals surface area contributed by atoms with E-state index in [9.17, 15) is 30.0 Å². The van der Waals surface area contributed by atoms with Crippen LogP contribution in [-0.4, -0.2) is 89.0 Å². The maximum absolute atomic E-state index is 12.7. The first-order valence-corrected chi connectivity index (χ1v) is 21.3. The molecule has 0 amide bonds. The Bertz CT molecular complexity index is 1020. The molecule has 4 N–H and O–H groups in total. The lowest BCUT2D eigenvalue weighted by Crippen LogP contribution is -2.59. The Balaban J connectivity index is 2.37. The Morgan fingerprint density at radius 2 is 1.09 bits per heavy atom. The molecule has 0 bridgehead atoms. The molecule has 0 radical (unpaired) electrons. The van der Waals surface area contributed by atoms with Gasteiger partial charge in [-0.25, -0.2) is 0 Å². The molecule has 6 atom stereocenters. The van der Waals surface area contributed by atoms with Gasteiger partial charge in [-0.2, -0.15) is 0 Å². The van der Waals surface area contributed by atoms with Gasteiger partial charge in [0.1, 0.15) is 31.0 Å². The molecule has 0 aromatic heterocycles. The topological polar surface area (TPSA) is 152 Å². The van der Waals surface area contributed by atoms with Crippen molar-refractivity contribution in [3.63, 3.8) is 0 Å². The molecule has 312 valence electrons. The highest BCUT2D eigenvalue weighted by Crippen LogP contribution is 2.22. The van der Waals surface area contributed by atoms with Crippen LogP contribution in [0.25, 0.3) is 0 Å². The normalized spacial score (nSPS) is 21.2. The zero-order valence-corrected chi connectivity index (χ0v) is 33.7. The smallest absolute Gasteiger partial charge is 0.306 e. The highest BCUT2D eigenvalue weighted by Gasteiger charge is 2.44. The second-order valence-corrected chi connectivity index (χ2v) is 14.5. The van der Waals surface area contributed by atoms with Crippen molar-refractivity contribution in [2.45, 2.75) is 198 Å². The molecule has 0 spiro atoms. The van der Waals surface area contributed by atoms with Gasteiger partial charge < -0.3 is 39.4 Å².